The van der Waals surface area contributed by atoms with Crippen molar-refractivity contribution in [3.63, 3.8) is 0 Å². The number of hydrogen-bond acceptors (Lipinski definition) is 7. The quantitative estimate of drug-likeness (QED) is 0.277. The van der Waals surface area contributed by atoms with Crippen LogP contribution in [0.25, 0.3) is 0 Å². The highest BCUT2D eigenvalue weighted by Gasteiger charge is 2.53. The number of likely N-dealkylation sites (tertiary alicyclic amines) is 1. The molecule has 4 unspecified atom stereocenters. The molecule has 0 radical (unpaired) electrons. The molecule has 3 aliphatic heterocycles. The first-order chi connectivity index (χ1) is 17.9. The summed E-state index contributed by atoms with van der Waals surface area (Å²) in [5.74, 6) is 0.318. The van der Waals surface area contributed by atoms with E-state index in [1.807, 2.05) is 17.0 Å². The molecule has 204 valence electrons. The lowest BCUT2D eigenvalue weighted by molar-refractivity contribution is -0.138. The zero-order valence-corrected chi connectivity index (χ0v) is 22.7. The van der Waals surface area contributed by atoms with E-state index in [0.717, 1.165) is 62.9 Å². The number of carbonyl (C=O) groups is 2. The SMILES string of the molecule is CCCCNC1OC1NCc1ccc(CN2C(=O)C(CCCC)(C3CCCN(C(C)=O)C3)N=C2N)cc1. The predicted molar refractivity (Wildman–Crippen MR) is 144 cm³/mol. The van der Waals surface area contributed by atoms with E-state index in [9.17, 15) is 9.59 Å². The van der Waals surface area contributed by atoms with Crippen LogP contribution in [0.3, 0.4) is 0 Å². The molecule has 0 spiro atoms. The van der Waals surface area contributed by atoms with Crippen LogP contribution in [0.2, 0.25) is 0 Å². The number of amides is 2. The van der Waals surface area contributed by atoms with Crippen LogP contribution in [0.4, 0.5) is 0 Å². The number of nitrogens with zero attached hydrogens (tertiary/aromatic N) is 3. The number of piperidine rings is 1. The number of unbranched alkanes of at least 4 members (excludes halogenated alkanes) is 2. The Kier molecular flexibility index (Phi) is 9.21. The van der Waals surface area contributed by atoms with Crippen molar-refractivity contribution in [2.24, 2.45) is 16.6 Å². The monoisotopic (exact) mass is 512 g/mol. The van der Waals surface area contributed by atoms with Crippen molar-refractivity contribution in [2.75, 3.05) is 19.6 Å². The molecule has 4 atom stereocenters. The lowest BCUT2D eigenvalue weighted by Gasteiger charge is -2.40. The molecule has 2 saturated heterocycles. The molecule has 37 heavy (non-hydrogen) atoms. The molecule has 2 amide bonds. The molecule has 0 saturated carbocycles. The summed E-state index contributed by atoms with van der Waals surface area (Å²) >= 11 is 0. The van der Waals surface area contributed by atoms with Crippen LogP contribution in [-0.2, 0) is 27.4 Å². The number of aliphatic imine (C=N–C) groups is 1. The third kappa shape index (κ3) is 6.51. The van der Waals surface area contributed by atoms with Crippen molar-refractivity contribution in [1.82, 2.24) is 20.4 Å². The fraction of sp³-hybridized carbons (Fsp3) is 0.679. The van der Waals surface area contributed by atoms with Crippen LogP contribution in [0.5, 0.6) is 0 Å². The highest BCUT2D eigenvalue weighted by molar-refractivity contribution is 6.07. The zero-order chi connectivity index (χ0) is 26.4. The third-order valence-corrected chi connectivity index (χ3v) is 7.90. The molecular weight excluding hydrogens is 468 g/mol. The molecule has 4 rings (SSSR count). The van der Waals surface area contributed by atoms with E-state index < -0.39 is 5.54 Å². The maximum Gasteiger partial charge on any atom is 0.258 e. The summed E-state index contributed by atoms with van der Waals surface area (Å²) in [5, 5.41) is 6.81. The fourth-order valence-electron chi connectivity index (χ4n) is 5.54. The minimum absolute atomic E-state index is 0.00821. The van der Waals surface area contributed by atoms with Crippen LogP contribution >= 0.6 is 0 Å². The first-order valence-corrected chi connectivity index (χ1v) is 14.0. The summed E-state index contributed by atoms with van der Waals surface area (Å²) < 4.78 is 5.62. The number of guanidine groups is 1. The second-order valence-corrected chi connectivity index (χ2v) is 10.7. The number of nitrogens with two attached hydrogens (primary N) is 1. The number of benzene rings is 1. The number of rotatable bonds is 13. The molecule has 1 aromatic carbocycles. The molecular formula is C28H44N6O3. The number of hydrogen-bond donors (Lipinski definition) is 3. The molecule has 3 aliphatic rings. The normalized spacial score (nSPS) is 27.5. The molecule has 2 fully saturated rings. The van der Waals surface area contributed by atoms with E-state index in [4.69, 9.17) is 15.5 Å². The molecule has 0 aliphatic carbocycles. The average Bonchev–Trinajstić information content (AvgIpc) is 3.61. The minimum atomic E-state index is -0.871. The van der Waals surface area contributed by atoms with E-state index in [0.29, 0.717) is 25.5 Å². The molecule has 9 heteroatoms. The van der Waals surface area contributed by atoms with Gasteiger partial charge in [0.2, 0.25) is 5.91 Å². The molecule has 4 N–H and O–H groups in total. The molecule has 0 aromatic heterocycles. The van der Waals surface area contributed by atoms with Crippen molar-refractivity contribution in [3.8, 4) is 0 Å². The van der Waals surface area contributed by atoms with Crippen LogP contribution in [0, 0.1) is 5.92 Å². The van der Waals surface area contributed by atoms with Crippen molar-refractivity contribution in [1.29, 1.82) is 0 Å². The second-order valence-electron chi connectivity index (χ2n) is 10.7. The topological polar surface area (TPSA) is 116 Å². The van der Waals surface area contributed by atoms with Gasteiger partial charge in [0.15, 0.2) is 18.4 Å². The Bertz CT molecular complexity index is 967. The Labute approximate surface area is 221 Å². The maximum atomic E-state index is 13.9. The van der Waals surface area contributed by atoms with Crippen LogP contribution in [-0.4, -0.2) is 65.2 Å². The van der Waals surface area contributed by atoms with Gasteiger partial charge in [-0.05, 0) is 43.4 Å². The summed E-state index contributed by atoms with van der Waals surface area (Å²) in [4.78, 5) is 34.3. The minimum Gasteiger partial charge on any atom is -0.369 e. The first-order valence-electron chi connectivity index (χ1n) is 14.0. The highest BCUT2D eigenvalue weighted by Crippen LogP contribution is 2.40. The molecule has 3 heterocycles. The Hall–Kier alpha value is -2.49. The molecule has 0 bridgehead atoms. The van der Waals surface area contributed by atoms with Crippen LogP contribution < -0.4 is 16.4 Å². The predicted octanol–water partition coefficient (Wildman–Crippen LogP) is 2.69. The summed E-state index contributed by atoms with van der Waals surface area (Å²) in [6.45, 7) is 9.31. The highest BCUT2D eigenvalue weighted by atomic mass is 16.6. The zero-order valence-electron chi connectivity index (χ0n) is 22.7. The van der Waals surface area contributed by atoms with Gasteiger partial charge in [0.25, 0.3) is 5.91 Å². The Morgan fingerprint density at radius 3 is 2.54 bits per heavy atom. The average molecular weight is 513 g/mol. The van der Waals surface area contributed by atoms with Crippen LogP contribution in [0.15, 0.2) is 29.3 Å². The van der Waals surface area contributed by atoms with Crippen molar-refractivity contribution in [2.45, 2.75) is 96.8 Å². The van der Waals surface area contributed by atoms with E-state index >= 15 is 0 Å². The van der Waals surface area contributed by atoms with Gasteiger partial charge in [0.1, 0.15) is 5.54 Å². The summed E-state index contributed by atoms with van der Waals surface area (Å²) in [7, 11) is 0. The summed E-state index contributed by atoms with van der Waals surface area (Å²) in [6.07, 6.45) is 6.79. The van der Waals surface area contributed by atoms with Gasteiger partial charge in [-0.1, -0.05) is 57.4 Å². The molecule has 9 nitrogen and oxygen atoms in total. The van der Waals surface area contributed by atoms with Crippen molar-refractivity contribution >= 4 is 17.8 Å². The van der Waals surface area contributed by atoms with Gasteiger partial charge in [0, 0.05) is 32.5 Å². The smallest absolute Gasteiger partial charge is 0.258 e. The van der Waals surface area contributed by atoms with Gasteiger partial charge < -0.3 is 15.4 Å². The first kappa shape index (κ1) is 27.5. The van der Waals surface area contributed by atoms with Gasteiger partial charge in [0.05, 0.1) is 6.54 Å². The standard InChI is InChI=1S/C28H44N6O3/c1-4-6-14-28(23-9-8-16-33(19-23)20(3)35)26(36)34(27(29)32-28)18-22-12-10-21(11-13-22)17-31-25-24(37-25)30-15-7-5-2/h10-13,23-25,30-31H,4-9,14-19H2,1-3H3,(H2,29,32). The van der Waals surface area contributed by atoms with Gasteiger partial charge in [-0.3, -0.25) is 25.1 Å². The Morgan fingerprint density at radius 1 is 1.14 bits per heavy atom. The van der Waals surface area contributed by atoms with E-state index in [1.165, 1.54) is 6.42 Å². The summed E-state index contributed by atoms with van der Waals surface area (Å²) in [6, 6.07) is 8.25. The van der Waals surface area contributed by atoms with Gasteiger partial charge >= 0.3 is 0 Å². The fourth-order valence-corrected chi connectivity index (χ4v) is 5.54. The van der Waals surface area contributed by atoms with Gasteiger partial charge in [-0.2, -0.15) is 0 Å². The van der Waals surface area contributed by atoms with E-state index in [2.05, 4.69) is 36.6 Å². The Morgan fingerprint density at radius 2 is 1.84 bits per heavy atom. The molecule has 1 aromatic rings. The number of ether oxygens (including phenoxy) is 1. The van der Waals surface area contributed by atoms with E-state index in [1.54, 1.807) is 11.8 Å². The summed E-state index contributed by atoms with van der Waals surface area (Å²) in [5.41, 5.74) is 7.68. The van der Waals surface area contributed by atoms with Gasteiger partial charge in [-0.25, -0.2) is 4.99 Å². The van der Waals surface area contributed by atoms with Crippen LogP contribution in [0.1, 0.15) is 76.8 Å². The van der Waals surface area contributed by atoms with Gasteiger partial charge in [-0.15, -0.1) is 0 Å². The number of carbonyl (C=O) groups excluding carboxylic acids is 2. The number of epoxide rings is 1. The van der Waals surface area contributed by atoms with Crippen molar-refractivity contribution in [3.05, 3.63) is 35.4 Å². The maximum absolute atomic E-state index is 13.9. The lowest BCUT2D eigenvalue weighted by atomic mass is 9.75. The largest absolute Gasteiger partial charge is 0.369 e. The Balaban J connectivity index is 1.36. The van der Waals surface area contributed by atoms with E-state index in [-0.39, 0.29) is 30.2 Å². The van der Waals surface area contributed by atoms with Crippen molar-refractivity contribution < 1.29 is 14.3 Å². The lowest BCUT2D eigenvalue weighted by Crippen LogP contribution is -2.53. The second kappa shape index (κ2) is 12.4. The third-order valence-electron chi connectivity index (χ3n) is 7.90. The number of nitrogens with one attached hydrogen (secondary N) is 2.